The highest BCUT2D eigenvalue weighted by atomic mass is 32.1. The van der Waals surface area contributed by atoms with Gasteiger partial charge in [-0.3, -0.25) is 9.59 Å². The molecule has 1 saturated heterocycles. The van der Waals surface area contributed by atoms with E-state index in [9.17, 15) is 9.59 Å². The van der Waals surface area contributed by atoms with Crippen molar-refractivity contribution in [3.05, 3.63) is 54.1 Å². The number of benzene rings is 2. The van der Waals surface area contributed by atoms with Crippen LogP contribution < -0.4 is 9.47 Å². The Morgan fingerprint density at radius 3 is 2.11 bits per heavy atom. The van der Waals surface area contributed by atoms with Crippen molar-refractivity contribution < 1.29 is 19.1 Å². The van der Waals surface area contributed by atoms with Crippen molar-refractivity contribution in [1.82, 2.24) is 9.80 Å². The molecule has 0 unspecified atom stereocenters. The fourth-order valence-corrected chi connectivity index (χ4v) is 3.31. The van der Waals surface area contributed by atoms with Crippen molar-refractivity contribution in [2.45, 2.75) is 11.8 Å². The van der Waals surface area contributed by atoms with Gasteiger partial charge in [0.1, 0.15) is 0 Å². The SMILES string of the molecule is CCOc1ccccc1OCC(=O)N1CCN(C(=O)c2ccccc2S)CC1. The third-order valence-electron chi connectivity index (χ3n) is 4.55. The predicted molar refractivity (Wildman–Crippen MR) is 109 cm³/mol. The summed E-state index contributed by atoms with van der Waals surface area (Å²) in [6.45, 7) is 4.31. The summed E-state index contributed by atoms with van der Waals surface area (Å²) in [5.74, 6) is 1.02. The van der Waals surface area contributed by atoms with Gasteiger partial charge in [0, 0.05) is 31.1 Å². The van der Waals surface area contributed by atoms with Crippen LogP contribution in [0.5, 0.6) is 11.5 Å². The number of rotatable bonds is 6. The van der Waals surface area contributed by atoms with Crippen molar-refractivity contribution in [3.63, 3.8) is 0 Å². The lowest BCUT2D eigenvalue weighted by atomic mass is 10.2. The Bertz CT molecular complexity index is 835. The second-order valence-electron chi connectivity index (χ2n) is 6.36. The Morgan fingerprint density at radius 1 is 0.893 bits per heavy atom. The predicted octanol–water partition coefficient (Wildman–Crippen LogP) is 2.74. The number of piperazine rings is 1. The number of thiol groups is 1. The first-order valence-electron chi connectivity index (χ1n) is 9.29. The molecule has 2 amide bonds. The summed E-state index contributed by atoms with van der Waals surface area (Å²) in [7, 11) is 0. The summed E-state index contributed by atoms with van der Waals surface area (Å²) in [4.78, 5) is 29.3. The summed E-state index contributed by atoms with van der Waals surface area (Å²) in [5, 5.41) is 0. The van der Waals surface area contributed by atoms with E-state index in [1.165, 1.54) is 0 Å². The van der Waals surface area contributed by atoms with Gasteiger partial charge in [0.25, 0.3) is 11.8 Å². The van der Waals surface area contributed by atoms with Crippen LogP contribution in [0.3, 0.4) is 0 Å². The Balaban J connectivity index is 1.52. The molecule has 0 aromatic heterocycles. The summed E-state index contributed by atoms with van der Waals surface area (Å²) in [6, 6.07) is 14.5. The number of nitrogens with zero attached hydrogens (tertiary/aromatic N) is 2. The molecule has 148 valence electrons. The van der Waals surface area contributed by atoms with Crippen LogP contribution >= 0.6 is 12.6 Å². The van der Waals surface area contributed by atoms with Gasteiger partial charge in [0.15, 0.2) is 18.1 Å². The first-order chi connectivity index (χ1) is 13.6. The molecular weight excluding hydrogens is 376 g/mol. The highest BCUT2D eigenvalue weighted by Gasteiger charge is 2.26. The van der Waals surface area contributed by atoms with Crippen LogP contribution in [0.1, 0.15) is 17.3 Å². The van der Waals surface area contributed by atoms with E-state index in [0.717, 1.165) is 0 Å². The number of para-hydroxylation sites is 2. The molecule has 7 heteroatoms. The number of carbonyl (C=O) groups excluding carboxylic acids is 2. The molecule has 2 aromatic rings. The molecule has 1 aliphatic rings. The van der Waals surface area contributed by atoms with E-state index in [4.69, 9.17) is 9.47 Å². The number of ether oxygens (including phenoxy) is 2. The van der Waals surface area contributed by atoms with Crippen molar-refractivity contribution >= 4 is 24.4 Å². The third kappa shape index (κ3) is 4.78. The number of amides is 2. The highest BCUT2D eigenvalue weighted by Crippen LogP contribution is 2.26. The van der Waals surface area contributed by atoms with Crippen LogP contribution in [0.4, 0.5) is 0 Å². The monoisotopic (exact) mass is 400 g/mol. The molecule has 1 fully saturated rings. The summed E-state index contributed by atoms with van der Waals surface area (Å²) < 4.78 is 11.2. The molecule has 0 bridgehead atoms. The molecule has 0 N–H and O–H groups in total. The maximum atomic E-state index is 12.6. The van der Waals surface area contributed by atoms with E-state index >= 15 is 0 Å². The fraction of sp³-hybridized carbons (Fsp3) is 0.333. The van der Waals surface area contributed by atoms with Crippen LogP contribution in [-0.4, -0.2) is 61.0 Å². The molecule has 0 spiro atoms. The van der Waals surface area contributed by atoms with Gasteiger partial charge in [-0.05, 0) is 31.2 Å². The first kappa shape index (κ1) is 20.1. The smallest absolute Gasteiger partial charge is 0.260 e. The van der Waals surface area contributed by atoms with Crippen LogP contribution in [0.15, 0.2) is 53.4 Å². The van der Waals surface area contributed by atoms with Gasteiger partial charge >= 0.3 is 0 Å². The van der Waals surface area contributed by atoms with E-state index in [1.807, 2.05) is 37.3 Å². The maximum absolute atomic E-state index is 12.6. The zero-order chi connectivity index (χ0) is 19.9. The number of hydrogen-bond acceptors (Lipinski definition) is 5. The van der Waals surface area contributed by atoms with Gasteiger partial charge in [-0.25, -0.2) is 0 Å². The first-order valence-corrected chi connectivity index (χ1v) is 9.74. The lowest BCUT2D eigenvalue weighted by Gasteiger charge is -2.35. The van der Waals surface area contributed by atoms with Crippen LogP contribution in [0, 0.1) is 0 Å². The van der Waals surface area contributed by atoms with Gasteiger partial charge in [0.05, 0.1) is 12.2 Å². The lowest BCUT2D eigenvalue weighted by molar-refractivity contribution is -0.134. The average Bonchev–Trinajstić information content (AvgIpc) is 2.73. The van der Waals surface area contributed by atoms with E-state index in [-0.39, 0.29) is 18.4 Å². The maximum Gasteiger partial charge on any atom is 0.260 e. The van der Waals surface area contributed by atoms with Crippen LogP contribution in [-0.2, 0) is 4.79 Å². The molecule has 2 aromatic carbocycles. The molecule has 1 aliphatic heterocycles. The zero-order valence-electron chi connectivity index (χ0n) is 15.8. The van der Waals surface area contributed by atoms with E-state index < -0.39 is 0 Å². The van der Waals surface area contributed by atoms with E-state index in [1.54, 1.807) is 28.0 Å². The van der Waals surface area contributed by atoms with E-state index in [2.05, 4.69) is 12.6 Å². The van der Waals surface area contributed by atoms with Crippen LogP contribution in [0.2, 0.25) is 0 Å². The molecule has 28 heavy (non-hydrogen) atoms. The standard InChI is InChI=1S/C21H24N2O4S/c1-2-26-17-8-4-5-9-18(17)27-15-20(24)22-11-13-23(14-12-22)21(25)16-7-3-6-10-19(16)28/h3-10,28H,2,11-15H2,1H3. The number of hydrogen-bond donors (Lipinski definition) is 1. The lowest BCUT2D eigenvalue weighted by Crippen LogP contribution is -2.51. The second-order valence-corrected chi connectivity index (χ2v) is 6.84. The minimum atomic E-state index is -0.104. The van der Waals surface area contributed by atoms with Crippen molar-refractivity contribution in [2.75, 3.05) is 39.4 Å². The quantitative estimate of drug-likeness (QED) is 0.758. The molecule has 3 rings (SSSR count). The minimum Gasteiger partial charge on any atom is -0.490 e. The molecule has 0 radical (unpaired) electrons. The number of carbonyl (C=O) groups is 2. The molecule has 0 atom stereocenters. The summed E-state index contributed by atoms with van der Waals surface area (Å²) >= 11 is 4.35. The Labute approximate surface area is 170 Å². The summed E-state index contributed by atoms with van der Waals surface area (Å²) in [6.07, 6.45) is 0. The van der Waals surface area contributed by atoms with Gasteiger partial charge in [-0.15, -0.1) is 12.6 Å². The Morgan fingerprint density at radius 2 is 1.46 bits per heavy atom. The molecule has 0 aliphatic carbocycles. The summed E-state index contributed by atoms with van der Waals surface area (Å²) in [5.41, 5.74) is 0.585. The highest BCUT2D eigenvalue weighted by molar-refractivity contribution is 7.80. The molecular formula is C21H24N2O4S. The van der Waals surface area contributed by atoms with Crippen molar-refractivity contribution in [3.8, 4) is 11.5 Å². The largest absolute Gasteiger partial charge is 0.490 e. The molecule has 6 nitrogen and oxygen atoms in total. The van der Waals surface area contributed by atoms with Gasteiger partial charge in [-0.2, -0.15) is 0 Å². The van der Waals surface area contributed by atoms with Crippen molar-refractivity contribution in [1.29, 1.82) is 0 Å². The van der Waals surface area contributed by atoms with E-state index in [0.29, 0.717) is 54.7 Å². The van der Waals surface area contributed by atoms with Crippen LogP contribution in [0.25, 0.3) is 0 Å². The Kier molecular flexibility index (Phi) is 6.81. The normalized spacial score (nSPS) is 13.9. The topological polar surface area (TPSA) is 59.1 Å². The molecule has 1 heterocycles. The van der Waals surface area contributed by atoms with Gasteiger partial charge < -0.3 is 19.3 Å². The van der Waals surface area contributed by atoms with Crippen molar-refractivity contribution in [2.24, 2.45) is 0 Å². The fourth-order valence-electron chi connectivity index (χ4n) is 3.06. The van der Waals surface area contributed by atoms with Gasteiger partial charge in [-0.1, -0.05) is 24.3 Å². The third-order valence-corrected chi connectivity index (χ3v) is 4.94. The Hall–Kier alpha value is -2.67. The average molecular weight is 401 g/mol. The molecule has 0 saturated carbocycles. The minimum absolute atomic E-state index is 0.0559. The second kappa shape index (κ2) is 9.50. The zero-order valence-corrected chi connectivity index (χ0v) is 16.7. The van der Waals surface area contributed by atoms with Gasteiger partial charge in [0.2, 0.25) is 0 Å².